The first-order chi connectivity index (χ1) is 10.9. The lowest BCUT2D eigenvalue weighted by Gasteiger charge is -2.18. The summed E-state index contributed by atoms with van der Waals surface area (Å²) in [5.41, 5.74) is 0.722. The largest absolute Gasteiger partial charge is 0.497 e. The number of sulfonamides is 1. The lowest BCUT2D eigenvalue weighted by atomic mass is 10.0. The van der Waals surface area contributed by atoms with E-state index in [9.17, 15) is 13.2 Å². The highest BCUT2D eigenvalue weighted by molar-refractivity contribution is 7.88. The summed E-state index contributed by atoms with van der Waals surface area (Å²) in [7, 11) is -1.86. The lowest BCUT2D eigenvalue weighted by molar-refractivity contribution is -0.121. The summed E-state index contributed by atoms with van der Waals surface area (Å²) in [6.07, 6.45) is 4.22. The van der Waals surface area contributed by atoms with Gasteiger partial charge in [-0.1, -0.05) is 31.9 Å². The summed E-state index contributed by atoms with van der Waals surface area (Å²) in [6.45, 7) is 2.71. The summed E-state index contributed by atoms with van der Waals surface area (Å²) in [5.74, 6) is 0.508. The van der Waals surface area contributed by atoms with Gasteiger partial charge in [-0.3, -0.25) is 4.79 Å². The molecule has 1 aromatic carbocycles. The number of carbonyl (C=O) groups is 1. The van der Waals surface area contributed by atoms with Gasteiger partial charge in [-0.05, 0) is 24.1 Å². The van der Waals surface area contributed by atoms with E-state index in [-0.39, 0.29) is 12.3 Å². The average molecular weight is 342 g/mol. The van der Waals surface area contributed by atoms with Crippen LogP contribution in [-0.2, 0) is 14.8 Å². The Morgan fingerprint density at radius 1 is 1.22 bits per heavy atom. The van der Waals surface area contributed by atoms with Crippen LogP contribution in [0.25, 0.3) is 0 Å². The third-order valence-electron chi connectivity index (χ3n) is 3.37. The van der Waals surface area contributed by atoms with Crippen molar-refractivity contribution in [3.05, 3.63) is 29.8 Å². The highest BCUT2D eigenvalue weighted by Crippen LogP contribution is 2.21. The van der Waals surface area contributed by atoms with Crippen molar-refractivity contribution >= 4 is 15.9 Å². The zero-order valence-corrected chi connectivity index (χ0v) is 14.8. The van der Waals surface area contributed by atoms with Crippen molar-refractivity contribution in [2.24, 2.45) is 0 Å². The minimum absolute atomic E-state index is 0.0610. The minimum Gasteiger partial charge on any atom is -0.497 e. The normalized spacial score (nSPS) is 12.7. The molecule has 1 aromatic rings. The van der Waals surface area contributed by atoms with Crippen molar-refractivity contribution in [3.8, 4) is 5.75 Å². The minimum atomic E-state index is -3.42. The second-order valence-corrected chi connectivity index (χ2v) is 7.26. The zero-order valence-electron chi connectivity index (χ0n) is 14.0. The summed E-state index contributed by atoms with van der Waals surface area (Å²) in [5, 5.41) is 2.83. The van der Waals surface area contributed by atoms with Gasteiger partial charge in [0.05, 0.1) is 19.4 Å². The first-order valence-corrected chi connectivity index (χ1v) is 9.62. The van der Waals surface area contributed by atoms with Crippen LogP contribution < -0.4 is 14.8 Å². The van der Waals surface area contributed by atoms with Gasteiger partial charge >= 0.3 is 0 Å². The monoisotopic (exact) mass is 342 g/mol. The van der Waals surface area contributed by atoms with Gasteiger partial charge in [0.15, 0.2) is 0 Å². The van der Waals surface area contributed by atoms with E-state index in [1.54, 1.807) is 31.4 Å². The van der Waals surface area contributed by atoms with Crippen LogP contribution in [0.5, 0.6) is 5.75 Å². The number of rotatable bonds is 10. The standard InChI is InChI=1S/C16H26N2O4S/c1-4-5-6-11-17-16(19)12-15(18-23(3,20)21)13-7-9-14(22-2)10-8-13/h7-10,15,18H,4-6,11-12H2,1-3H3,(H,17,19). The third kappa shape index (κ3) is 7.99. The highest BCUT2D eigenvalue weighted by Gasteiger charge is 2.19. The number of amides is 1. The van der Waals surface area contributed by atoms with Crippen molar-refractivity contribution in [2.75, 3.05) is 19.9 Å². The van der Waals surface area contributed by atoms with Gasteiger partial charge in [0.2, 0.25) is 15.9 Å². The maximum atomic E-state index is 12.0. The topological polar surface area (TPSA) is 84.5 Å². The smallest absolute Gasteiger partial charge is 0.221 e. The van der Waals surface area contributed by atoms with E-state index in [0.717, 1.165) is 31.1 Å². The number of ether oxygens (including phenoxy) is 1. The number of carbonyl (C=O) groups excluding carboxylic acids is 1. The molecule has 0 radical (unpaired) electrons. The SMILES string of the molecule is CCCCCNC(=O)CC(NS(C)(=O)=O)c1ccc(OC)cc1. The number of hydrogen-bond donors (Lipinski definition) is 2. The molecule has 6 nitrogen and oxygen atoms in total. The van der Waals surface area contributed by atoms with E-state index in [1.165, 1.54) is 0 Å². The molecule has 1 atom stereocenters. The van der Waals surface area contributed by atoms with Crippen molar-refractivity contribution in [1.82, 2.24) is 10.0 Å². The summed E-state index contributed by atoms with van der Waals surface area (Å²) in [6, 6.07) is 6.40. The summed E-state index contributed by atoms with van der Waals surface area (Å²) >= 11 is 0. The van der Waals surface area contributed by atoms with E-state index in [4.69, 9.17) is 4.74 Å². The van der Waals surface area contributed by atoms with Gasteiger partial charge in [0, 0.05) is 13.0 Å². The zero-order chi connectivity index (χ0) is 17.3. The van der Waals surface area contributed by atoms with Crippen LogP contribution in [0, 0.1) is 0 Å². The molecule has 0 heterocycles. The van der Waals surface area contributed by atoms with Crippen molar-refractivity contribution in [2.45, 2.75) is 38.6 Å². The Morgan fingerprint density at radius 3 is 2.39 bits per heavy atom. The molecule has 0 aromatic heterocycles. The van der Waals surface area contributed by atoms with Gasteiger partial charge in [-0.15, -0.1) is 0 Å². The Bertz CT molecular complexity index is 585. The molecule has 1 rings (SSSR count). The van der Waals surface area contributed by atoms with Crippen molar-refractivity contribution in [3.63, 3.8) is 0 Å². The Labute approximate surface area is 138 Å². The first kappa shape index (κ1) is 19.4. The van der Waals surface area contributed by atoms with Crippen LogP contribution >= 0.6 is 0 Å². The predicted octanol–water partition coefficient (Wildman–Crippen LogP) is 1.98. The van der Waals surface area contributed by atoms with Crippen LogP contribution in [0.4, 0.5) is 0 Å². The third-order valence-corrected chi connectivity index (χ3v) is 4.08. The fraction of sp³-hybridized carbons (Fsp3) is 0.562. The molecule has 0 saturated carbocycles. The van der Waals surface area contributed by atoms with Gasteiger partial charge in [-0.2, -0.15) is 0 Å². The molecular weight excluding hydrogens is 316 g/mol. The highest BCUT2D eigenvalue weighted by atomic mass is 32.2. The van der Waals surface area contributed by atoms with Crippen LogP contribution in [0.3, 0.4) is 0 Å². The van der Waals surface area contributed by atoms with Gasteiger partial charge in [0.1, 0.15) is 5.75 Å². The lowest BCUT2D eigenvalue weighted by Crippen LogP contribution is -2.33. The van der Waals surface area contributed by atoms with Crippen LogP contribution in [0.2, 0.25) is 0 Å². The molecule has 0 saturated heterocycles. The Balaban J connectivity index is 2.73. The van der Waals surface area contributed by atoms with Crippen molar-refractivity contribution < 1.29 is 17.9 Å². The maximum absolute atomic E-state index is 12.0. The van der Waals surface area contributed by atoms with E-state index >= 15 is 0 Å². The van der Waals surface area contributed by atoms with Gasteiger partial charge < -0.3 is 10.1 Å². The molecule has 0 aliphatic carbocycles. The maximum Gasteiger partial charge on any atom is 0.221 e. The van der Waals surface area contributed by atoms with Crippen LogP contribution in [-0.4, -0.2) is 34.2 Å². The van der Waals surface area contributed by atoms with Gasteiger partial charge in [-0.25, -0.2) is 13.1 Å². The number of benzene rings is 1. The average Bonchev–Trinajstić information content (AvgIpc) is 2.50. The fourth-order valence-electron chi connectivity index (χ4n) is 2.18. The Hall–Kier alpha value is -1.60. The van der Waals surface area contributed by atoms with E-state index in [0.29, 0.717) is 12.3 Å². The molecule has 0 bridgehead atoms. The second kappa shape index (κ2) is 9.52. The Morgan fingerprint density at radius 2 is 1.87 bits per heavy atom. The molecule has 1 unspecified atom stereocenters. The quantitative estimate of drug-likeness (QED) is 0.637. The number of methoxy groups -OCH3 is 1. The molecule has 2 N–H and O–H groups in total. The molecular formula is C16H26N2O4S. The molecule has 7 heteroatoms. The number of hydrogen-bond acceptors (Lipinski definition) is 4. The van der Waals surface area contributed by atoms with Gasteiger partial charge in [0.25, 0.3) is 0 Å². The molecule has 0 spiro atoms. The van der Waals surface area contributed by atoms with E-state index in [2.05, 4.69) is 17.0 Å². The molecule has 23 heavy (non-hydrogen) atoms. The van der Waals surface area contributed by atoms with Crippen LogP contribution in [0.15, 0.2) is 24.3 Å². The summed E-state index contributed by atoms with van der Waals surface area (Å²) < 4.78 is 30.7. The number of unbranched alkanes of at least 4 members (excludes halogenated alkanes) is 2. The van der Waals surface area contributed by atoms with Crippen molar-refractivity contribution in [1.29, 1.82) is 0 Å². The summed E-state index contributed by atoms with van der Waals surface area (Å²) in [4.78, 5) is 12.0. The molecule has 0 fully saturated rings. The Kier molecular flexibility index (Phi) is 8.05. The number of nitrogens with one attached hydrogen (secondary N) is 2. The van der Waals surface area contributed by atoms with E-state index < -0.39 is 16.1 Å². The van der Waals surface area contributed by atoms with Crippen LogP contribution in [0.1, 0.15) is 44.2 Å². The molecule has 0 aliphatic heterocycles. The fourth-order valence-corrected chi connectivity index (χ4v) is 2.92. The predicted molar refractivity (Wildman–Crippen MR) is 90.9 cm³/mol. The first-order valence-electron chi connectivity index (χ1n) is 7.73. The molecule has 0 aliphatic rings. The van der Waals surface area contributed by atoms with E-state index in [1.807, 2.05) is 0 Å². The molecule has 130 valence electrons. The molecule has 1 amide bonds. The second-order valence-electron chi connectivity index (χ2n) is 5.48.